The summed E-state index contributed by atoms with van der Waals surface area (Å²) >= 11 is 0. The van der Waals surface area contributed by atoms with Gasteiger partial charge in [-0.15, -0.1) is 0 Å². The van der Waals surface area contributed by atoms with Crippen molar-refractivity contribution in [2.75, 3.05) is 6.16 Å². The minimum Gasteiger partial charge on any atom is 1.00 e. The van der Waals surface area contributed by atoms with E-state index in [1.807, 2.05) is 0 Å². The van der Waals surface area contributed by atoms with Crippen LogP contribution in [0.1, 0.15) is 16.7 Å². The van der Waals surface area contributed by atoms with Gasteiger partial charge in [0.1, 0.15) is 0 Å². The molecule has 0 amide bonds. The Morgan fingerprint density at radius 3 is 1.09 bits per heavy atom. The molecule has 0 aromatic heterocycles. The van der Waals surface area contributed by atoms with Crippen molar-refractivity contribution >= 4 is 17.2 Å². The van der Waals surface area contributed by atoms with E-state index in [0.717, 1.165) is 18.2 Å². The molecule has 0 saturated carbocycles. The normalized spacial score (nSPS) is 26.5. The molecule has 0 aliphatic carbocycles. The second kappa shape index (κ2) is 9.66. The van der Waals surface area contributed by atoms with Gasteiger partial charge in [0.25, 0.3) is 0 Å². The standard InChI is InChI=1S/C27H15F15O3P.K/c28-23(29,30)20(15-8-2-1-3-9-15)14-46(43-20,18-12-6-4-10-16(18)21(44-46,24(31,32)33)25(34,35)36)19-13-7-5-11-17(19)22(45-46,26(37,38)39)27(40,41)42;/h1-13H,14H2;/q-1;+1. The Labute approximate surface area is 295 Å². The van der Waals surface area contributed by atoms with Gasteiger partial charge >= 0.3 is 297 Å². The van der Waals surface area contributed by atoms with E-state index >= 15 is 13.2 Å². The maximum Gasteiger partial charge on any atom is 1.00 e. The fraction of sp³-hybridized carbons (Fsp3) is 0.333. The molecule has 0 bridgehead atoms. The molecule has 6 rings (SSSR count). The van der Waals surface area contributed by atoms with Gasteiger partial charge in [-0.1, -0.05) is 0 Å². The third-order valence-corrected chi connectivity index (χ3v) is 15.2. The van der Waals surface area contributed by atoms with Gasteiger partial charge in [0.2, 0.25) is 0 Å². The van der Waals surface area contributed by atoms with Crippen molar-refractivity contribution in [1.82, 2.24) is 0 Å². The van der Waals surface area contributed by atoms with Crippen LogP contribution in [0.5, 0.6) is 0 Å². The zero-order chi connectivity index (χ0) is 34.3. The minimum absolute atomic E-state index is 0. The Kier molecular flexibility index (Phi) is 7.57. The summed E-state index contributed by atoms with van der Waals surface area (Å²) in [6, 6.07) is 6.91. The van der Waals surface area contributed by atoms with Gasteiger partial charge in [-0.3, -0.25) is 0 Å². The van der Waals surface area contributed by atoms with Crippen molar-refractivity contribution in [2.24, 2.45) is 0 Å². The topological polar surface area (TPSA) is 27.7 Å². The molecule has 3 aliphatic rings. The van der Waals surface area contributed by atoms with E-state index in [9.17, 15) is 52.7 Å². The number of rotatable bonds is 1. The van der Waals surface area contributed by atoms with Crippen LogP contribution in [0.4, 0.5) is 65.9 Å². The molecule has 3 heterocycles. The Hall–Kier alpha value is -1.44. The Bertz CT molecular complexity index is 1630. The summed E-state index contributed by atoms with van der Waals surface area (Å²) in [7, 11) is 0. The van der Waals surface area contributed by atoms with Crippen molar-refractivity contribution in [3.8, 4) is 0 Å². The van der Waals surface area contributed by atoms with E-state index in [0.29, 0.717) is 36.4 Å². The molecule has 1 spiro atoms. The van der Waals surface area contributed by atoms with Gasteiger partial charge in [0.15, 0.2) is 0 Å². The van der Waals surface area contributed by atoms with Crippen LogP contribution < -0.4 is 62.0 Å². The zero-order valence-electron chi connectivity index (χ0n) is 23.1. The molecule has 0 N–H and O–H groups in total. The summed E-state index contributed by atoms with van der Waals surface area (Å²) in [5.41, 5.74) is -21.2. The van der Waals surface area contributed by atoms with Crippen LogP contribution in [0.2, 0.25) is 0 Å². The number of benzene rings is 3. The van der Waals surface area contributed by atoms with Crippen molar-refractivity contribution in [2.45, 2.75) is 47.7 Å². The summed E-state index contributed by atoms with van der Waals surface area (Å²) in [5, 5.41) is -3.64. The molecule has 1 atom stereocenters. The number of fused-ring (bicyclic) bond motifs is 2. The third kappa shape index (κ3) is 3.92. The van der Waals surface area contributed by atoms with Crippen molar-refractivity contribution in [3.05, 3.63) is 95.6 Å². The Morgan fingerprint density at radius 2 is 0.766 bits per heavy atom. The van der Waals surface area contributed by atoms with Crippen molar-refractivity contribution < 1.29 is 131 Å². The van der Waals surface area contributed by atoms with Gasteiger partial charge in [0, 0.05) is 0 Å². The maximum atomic E-state index is 15.1. The average Bonchev–Trinajstić information content (AvgIpc) is 3.33. The van der Waals surface area contributed by atoms with E-state index in [1.165, 1.54) is 0 Å². The van der Waals surface area contributed by atoms with Gasteiger partial charge in [-0.25, -0.2) is 0 Å². The number of hydrogen-bond acceptors (Lipinski definition) is 3. The van der Waals surface area contributed by atoms with Gasteiger partial charge in [-0.2, -0.15) is 0 Å². The monoisotopic (exact) mass is 742 g/mol. The molecular weight excluding hydrogens is 727 g/mol. The molecule has 1 saturated heterocycles. The molecule has 1 unspecified atom stereocenters. The van der Waals surface area contributed by atoms with E-state index in [4.69, 9.17) is 13.6 Å². The van der Waals surface area contributed by atoms with E-state index < -0.39 is 87.8 Å². The first-order valence-corrected chi connectivity index (χ1v) is 15.3. The van der Waals surface area contributed by atoms with Crippen molar-refractivity contribution in [1.29, 1.82) is 0 Å². The molecule has 1 fully saturated rings. The first-order chi connectivity index (χ1) is 20.8. The molecule has 3 aromatic carbocycles. The maximum absolute atomic E-state index is 15.1. The SMILES string of the molecule is FC(F)(F)C1(c2ccccc2)C[P-]23(O1)(OC(C(F)(F)F)(C(F)(F)F)c1ccccc12)OC(C(F)(F)F)(C(F)(F)F)c1ccccc13.[K+]. The molecule has 3 nitrogen and oxygen atoms in total. The predicted octanol–water partition coefficient (Wildman–Crippen LogP) is 5.66. The van der Waals surface area contributed by atoms with Crippen LogP contribution >= 0.6 is 6.63 Å². The summed E-state index contributed by atoms with van der Waals surface area (Å²) in [6.45, 7) is -8.79. The van der Waals surface area contributed by atoms with Gasteiger partial charge < -0.3 is 0 Å². The van der Waals surface area contributed by atoms with Gasteiger partial charge in [0.05, 0.1) is 0 Å². The number of halogens is 15. The molecule has 3 aromatic rings. The summed E-state index contributed by atoms with van der Waals surface area (Å²) in [6.07, 6.45) is -35.5. The molecule has 0 radical (unpaired) electrons. The van der Waals surface area contributed by atoms with E-state index in [2.05, 4.69) is 0 Å². The summed E-state index contributed by atoms with van der Waals surface area (Å²) in [5.74, 6) is 0. The molecule has 252 valence electrons. The summed E-state index contributed by atoms with van der Waals surface area (Å²) < 4.78 is 239. The van der Waals surface area contributed by atoms with Crippen LogP contribution in [0.3, 0.4) is 0 Å². The fourth-order valence-corrected chi connectivity index (χ4v) is 15.5. The van der Waals surface area contributed by atoms with E-state index in [-0.39, 0.29) is 75.7 Å². The van der Waals surface area contributed by atoms with Gasteiger partial charge in [-0.05, 0) is 0 Å². The Balaban J connectivity index is 0.00000433. The van der Waals surface area contributed by atoms with Crippen LogP contribution in [0.25, 0.3) is 0 Å². The fourth-order valence-electron chi connectivity index (χ4n) is 7.17. The zero-order valence-corrected chi connectivity index (χ0v) is 27.1. The quantitative estimate of drug-likeness (QED) is 0.183. The molecule has 3 aliphatic heterocycles. The smallest absolute Gasteiger partial charge is 1.00 e. The third-order valence-electron chi connectivity index (χ3n) is 8.73. The summed E-state index contributed by atoms with van der Waals surface area (Å²) in [4.78, 5) is 0. The first kappa shape index (κ1) is 36.8. The molecule has 20 heteroatoms. The van der Waals surface area contributed by atoms with Crippen LogP contribution in [-0.4, -0.2) is 37.0 Å². The average molecular weight is 742 g/mol. The first-order valence-electron chi connectivity index (χ1n) is 12.7. The molecular formula is C27H15F15KO3P. The van der Waals surface area contributed by atoms with Crippen LogP contribution in [-0.2, 0) is 30.4 Å². The number of alkyl halides is 15. The number of hydrogen-bond donors (Lipinski definition) is 0. The van der Waals surface area contributed by atoms with E-state index in [1.54, 1.807) is 0 Å². The van der Waals surface area contributed by atoms with Crippen molar-refractivity contribution in [3.63, 3.8) is 0 Å². The van der Waals surface area contributed by atoms with Crippen LogP contribution in [0.15, 0.2) is 78.9 Å². The Morgan fingerprint density at radius 1 is 0.447 bits per heavy atom. The second-order valence-corrected chi connectivity index (χ2v) is 16.1. The molecule has 47 heavy (non-hydrogen) atoms. The second-order valence-electron chi connectivity index (χ2n) is 11.1. The van der Waals surface area contributed by atoms with Crippen LogP contribution in [0, 0.1) is 0 Å². The minimum atomic E-state index is -8.79. The largest absolute Gasteiger partial charge is 1.00 e. The predicted molar refractivity (Wildman–Crippen MR) is 129 cm³/mol.